The first-order chi connectivity index (χ1) is 9.49. The minimum absolute atomic E-state index is 0.388. The van der Waals surface area contributed by atoms with Gasteiger partial charge in [-0.25, -0.2) is 0 Å². The molecule has 1 atom stereocenters. The minimum atomic E-state index is 0.388. The van der Waals surface area contributed by atoms with Crippen LogP contribution in [0.4, 0.5) is 5.69 Å². The highest BCUT2D eigenvalue weighted by atomic mass is 79.9. The third-order valence-electron chi connectivity index (χ3n) is 3.47. The van der Waals surface area contributed by atoms with Gasteiger partial charge < -0.3 is 10.2 Å². The van der Waals surface area contributed by atoms with Crippen LogP contribution in [0.1, 0.15) is 52.6 Å². The Morgan fingerprint density at radius 2 is 1.90 bits per heavy atom. The zero-order valence-electron chi connectivity index (χ0n) is 13.5. The molecule has 0 saturated heterocycles. The van der Waals surface area contributed by atoms with E-state index in [-0.39, 0.29) is 0 Å². The van der Waals surface area contributed by atoms with Crippen LogP contribution >= 0.6 is 15.9 Å². The molecule has 0 aromatic heterocycles. The highest BCUT2D eigenvalue weighted by molar-refractivity contribution is 9.10. The van der Waals surface area contributed by atoms with Crippen LogP contribution in [0.5, 0.6) is 0 Å². The van der Waals surface area contributed by atoms with Gasteiger partial charge in [-0.3, -0.25) is 0 Å². The number of rotatable bonds is 8. The molecule has 2 nitrogen and oxygen atoms in total. The molecule has 0 amide bonds. The average molecular weight is 341 g/mol. The lowest BCUT2D eigenvalue weighted by Crippen LogP contribution is -2.30. The van der Waals surface area contributed by atoms with Crippen LogP contribution in [0.3, 0.4) is 0 Å². The fraction of sp³-hybridized carbons (Fsp3) is 0.647. The summed E-state index contributed by atoms with van der Waals surface area (Å²) in [6.07, 6.45) is 1.17. The molecule has 1 aromatic rings. The number of benzene rings is 1. The molecule has 0 heterocycles. The summed E-state index contributed by atoms with van der Waals surface area (Å²) in [5.41, 5.74) is 2.75. The Morgan fingerprint density at radius 1 is 1.20 bits per heavy atom. The van der Waals surface area contributed by atoms with Gasteiger partial charge in [0.25, 0.3) is 0 Å². The summed E-state index contributed by atoms with van der Waals surface area (Å²) in [4.78, 5) is 2.48. The van der Waals surface area contributed by atoms with Gasteiger partial charge in [0.1, 0.15) is 0 Å². The molecule has 1 rings (SSSR count). The number of hydrogen-bond donors (Lipinski definition) is 1. The number of nitrogens with one attached hydrogen (secondary N) is 1. The van der Waals surface area contributed by atoms with Crippen LogP contribution in [-0.4, -0.2) is 19.6 Å². The van der Waals surface area contributed by atoms with E-state index < -0.39 is 0 Å². The molecule has 0 aliphatic carbocycles. The van der Waals surface area contributed by atoms with E-state index in [4.69, 9.17) is 0 Å². The molecule has 0 bridgehead atoms. The number of nitrogens with zero attached hydrogens (tertiary/aromatic N) is 1. The van der Waals surface area contributed by atoms with Crippen molar-refractivity contribution in [3.8, 4) is 0 Å². The van der Waals surface area contributed by atoms with Crippen LogP contribution < -0.4 is 10.2 Å². The molecule has 3 heteroatoms. The van der Waals surface area contributed by atoms with Crippen molar-refractivity contribution < 1.29 is 0 Å². The Balaban J connectivity index is 3.04. The summed E-state index contributed by atoms with van der Waals surface area (Å²) in [6, 6.07) is 7.03. The molecule has 1 unspecified atom stereocenters. The van der Waals surface area contributed by atoms with Crippen LogP contribution in [0.25, 0.3) is 0 Å². The first-order valence-electron chi connectivity index (χ1n) is 7.77. The number of anilines is 1. The van der Waals surface area contributed by atoms with Crippen LogP contribution in [0, 0.1) is 5.92 Å². The van der Waals surface area contributed by atoms with Crippen molar-refractivity contribution in [1.29, 1.82) is 0 Å². The largest absolute Gasteiger partial charge is 0.371 e. The summed E-state index contributed by atoms with van der Waals surface area (Å²) in [5, 5.41) is 3.60. The Morgan fingerprint density at radius 3 is 2.45 bits per heavy atom. The third-order valence-corrected chi connectivity index (χ3v) is 3.96. The maximum Gasteiger partial charge on any atom is 0.0425 e. The van der Waals surface area contributed by atoms with Crippen molar-refractivity contribution in [1.82, 2.24) is 5.32 Å². The number of hydrogen-bond acceptors (Lipinski definition) is 2. The molecule has 1 aromatic carbocycles. The zero-order chi connectivity index (χ0) is 15.1. The lowest BCUT2D eigenvalue weighted by molar-refractivity contribution is 0.564. The molecule has 0 fully saturated rings. The Hall–Kier alpha value is -0.540. The second-order valence-electron chi connectivity index (χ2n) is 5.81. The van der Waals surface area contributed by atoms with Gasteiger partial charge in [0, 0.05) is 29.3 Å². The average Bonchev–Trinajstić information content (AvgIpc) is 2.41. The predicted molar refractivity (Wildman–Crippen MR) is 93.6 cm³/mol. The monoisotopic (exact) mass is 340 g/mol. The standard InChI is InChI=1S/C17H29BrN2/c1-6-10-19-14(5)16-9-8-15(18)11-17(16)20(7-2)12-13(3)4/h8-9,11,13-14,19H,6-7,10,12H2,1-5H3. The van der Waals surface area contributed by atoms with Gasteiger partial charge in [0.05, 0.1) is 0 Å². The van der Waals surface area contributed by atoms with Crippen LogP contribution in [0.15, 0.2) is 22.7 Å². The molecule has 0 spiro atoms. The van der Waals surface area contributed by atoms with Crippen LogP contribution in [-0.2, 0) is 0 Å². The van der Waals surface area contributed by atoms with Crippen molar-refractivity contribution in [2.45, 2.75) is 47.1 Å². The van der Waals surface area contributed by atoms with E-state index in [0.29, 0.717) is 12.0 Å². The lowest BCUT2D eigenvalue weighted by Gasteiger charge is -2.30. The molecule has 20 heavy (non-hydrogen) atoms. The molecular formula is C17H29BrN2. The maximum atomic E-state index is 3.61. The second-order valence-corrected chi connectivity index (χ2v) is 6.73. The van der Waals surface area contributed by atoms with Gasteiger partial charge in [0.2, 0.25) is 0 Å². The summed E-state index contributed by atoms with van der Waals surface area (Å²) in [5.74, 6) is 0.667. The smallest absolute Gasteiger partial charge is 0.0425 e. The van der Waals surface area contributed by atoms with Gasteiger partial charge >= 0.3 is 0 Å². The molecule has 114 valence electrons. The predicted octanol–water partition coefficient (Wildman–Crippen LogP) is 4.99. The summed E-state index contributed by atoms with van der Waals surface area (Å²) < 4.78 is 1.15. The van der Waals surface area contributed by atoms with Crippen molar-refractivity contribution >= 4 is 21.6 Å². The second kappa shape index (κ2) is 8.68. The van der Waals surface area contributed by atoms with Gasteiger partial charge in [-0.15, -0.1) is 0 Å². The first kappa shape index (κ1) is 17.5. The van der Waals surface area contributed by atoms with Gasteiger partial charge in [0.15, 0.2) is 0 Å². The van der Waals surface area contributed by atoms with E-state index in [1.165, 1.54) is 17.7 Å². The highest BCUT2D eigenvalue weighted by Crippen LogP contribution is 2.30. The summed E-state index contributed by atoms with van der Waals surface area (Å²) >= 11 is 3.61. The van der Waals surface area contributed by atoms with Crippen molar-refractivity contribution in [2.75, 3.05) is 24.5 Å². The summed E-state index contributed by atoms with van der Waals surface area (Å²) in [6.45, 7) is 14.5. The topological polar surface area (TPSA) is 15.3 Å². The molecular weight excluding hydrogens is 312 g/mol. The maximum absolute atomic E-state index is 3.61. The third kappa shape index (κ3) is 5.10. The highest BCUT2D eigenvalue weighted by Gasteiger charge is 2.15. The van der Waals surface area contributed by atoms with Crippen molar-refractivity contribution in [3.63, 3.8) is 0 Å². The van der Waals surface area contributed by atoms with Crippen molar-refractivity contribution in [3.05, 3.63) is 28.2 Å². The Labute approximate surface area is 133 Å². The summed E-state index contributed by atoms with van der Waals surface area (Å²) in [7, 11) is 0. The van der Waals surface area contributed by atoms with E-state index in [0.717, 1.165) is 24.1 Å². The van der Waals surface area contributed by atoms with Crippen LogP contribution in [0.2, 0.25) is 0 Å². The fourth-order valence-corrected chi connectivity index (χ4v) is 2.82. The van der Waals surface area contributed by atoms with E-state index in [9.17, 15) is 0 Å². The van der Waals surface area contributed by atoms with E-state index in [1.807, 2.05) is 0 Å². The molecule has 0 radical (unpaired) electrons. The molecule has 1 N–H and O–H groups in total. The molecule has 0 saturated carbocycles. The van der Waals surface area contributed by atoms with Gasteiger partial charge in [-0.05, 0) is 50.4 Å². The van der Waals surface area contributed by atoms with E-state index in [1.54, 1.807) is 0 Å². The Bertz CT molecular complexity index is 404. The SMILES string of the molecule is CCCNC(C)c1ccc(Br)cc1N(CC)CC(C)C. The quantitative estimate of drug-likeness (QED) is 0.716. The van der Waals surface area contributed by atoms with E-state index >= 15 is 0 Å². The van der Waals surface area contributed by atoms with Gasteiger partial charge in [-0.1, -0.05) is 42.8 Å². The fourth-order valence-electron chi connectivity index (χ4n) is 2.47. The van der Waals surface area contributed by atoms with Crippen molar-refractivity contribution in [2.24, 2.45) is 5.92 Å². The number of halogens is 1. The molecule has 0 aliphatic heterocycles. The normalized spacial score (nSPS) is 12.8. The molecule has 0 aliphatic rings. The Kier molecular flexibility index (Phi) is 7.60. The minimum Gasteiger partial charge on any atom is -0.371 e. The van der Waals surface area contributed by atoms with Gasteiger partial charge in [-0.2, -0.15) is 0 Å². The van der Waals surface area contributed by atoms with E-state index in [2.05, 4.69) is 79.0 Å². The zero-order valence-corrected chi connectivity index (χ0v) is 15.1. The lowest BCUT2D eigenvalue weighted by atomic mass is 10.0. The first-order valence-corrected chi connectivity index (χ1v) is 8.56.